The van der Waals surface area contributed by atoms with Gasteiger partial charge in [0.05, 0.1) is 29.8 Å². The summed E-state index contributed by atoms with van der Waals surface area (Å²) in [4.78, 5) is 11.8. The van der Waals surface area contributed by atoms with Gasteiger partial charge < -0.3 is 20.9 Å². The third-order valence-electron chi connectivity index (χ3n) is 2.16. The molecule has 0 radical (unpaired) electrons. The van der Waals surface area contributed by atoms with Crippen LogP contribution in [0.5, 0.6) is 0 Å². The summed E-state index contributed by atoms with van der Waals surface area (Å²) in [5, 5.41) is 11.9. The van der Waals surface area contributed by atoms with E-state index in [0.29, 0.717) is 11.3 Å². The number of ether oxygens (including phenoxy) is 1. The van der Waals surface area contributed by atoms with Crippen molar-refractivity contribution in [2.75, 3.05) is 26.1 Å². The van der Waals surface area contributed by atoms with Crippen LogP contribution in [0, 0.1) is 0 Å². The fraction of sp³-hybridized carbons (Fsp3) is 0.364. The summed E-state index contributed by atoms with van der Waals surface area (Å²) in [7, 11) is 1.49. The lowest BCUT2D eigenvalue weighted by molar-refractivity contribution is 0.0840. The number of nitrogens with one attached hydrogen (secondary N) is 1. The number of rotatable bonds is 5. The maximum atomic E-state index is 11.8. The molecule has 5 nitrogen and oxygen atoms in total. The number of hydrogen-bond acceptors (Lipinski definition) is 4. The first-order chi connectivity index (χ1) is 8.08. The topological polar surface area (TPSA) is 84.6 Å². The van der Waals surface area contributed by atoms with Crippen LogP contribution in [-0.2, 0) is 4.74 Å². The lowest BCUT2D eigenvalue weighted by Crippen LogP contribution is -2.40. The molecule has 0 fully saturated rings. The Balaban J connectivity index is 2.75. The van der Waals surface area contributed by atoms with Gasteiger partial charge in [-0.05, 0) is 18.2 Å². The van der Waals surface area contributed by atoms with Gasteiger partial charge in [0.25, 0.3) is 5.91 Å². The van der Waals surface area contributed by atoms with Crippen molar-refractivity contribution in [3.05, 3.63) is 28.8 Å². The molecule has 0 aliphatic rings. The number of nitrogens with two attached hydrogens (primary N) is 1. The number of methoxy groups -OCH3 is 1. The van der Waals surface area contributed by atoms with Crippen LogP contribution in [0.3, 0.4) is 0 Å². The Morgan fingerprint density at radius 1 is 1.65 bits per heavy atom. The minimum Gasteiger partial charge on any atom is -0.399 e. The second-order valence-corrected chi connectivity index (χ2v) is 3.95. The van der Waals surface area contributed by atoms with Crippen molar-refractivity contribution in [1.82, 2.24) is 5.32 Å². The Morgan fingerprint density at radius 2 is 2.35 bits per heavy atom. The smallest absolute Gasteiger partial charge is 0.253 e. The number of carbonyl (C=O) groups excluding carboxylic acids is 1. The molecule has 0 aromatic heterocycles. The number of aliphatic hydroxyl groups excluding tert-OH is 1. The second kappa shape index (κ2) is 6.44. The molecule has 0 spiro atoms. The Bertz CT molecular complexity index is 398. The van der Waals surface area contributed by atoms with E-state index in [0.717, 1.165) is 0 Å². The van der Waals surface area contributed by atoms with Crippen LogP contribution < -0.4 is 11.1 Å². The number of hydrogen-bond donors (Lipinski definition) is 3. The molecule has 94 valence electrons. The van der Waals surface area contributed by atoms with Gasteiger partial charge in [0.2, 0.25) is 0 Å². The summed E-state index contributed by atoms with van der Waals surface area (Å²) in [6.07, 6.45) is 0. The van der Waals surface area contributed by atoms with Gasteiger partial charge in [-0.1, -0.05) is 11.6 Å². The summed E-state index contributed by atoms with van der Waals surface area (Å²) in [5.41, 5.74) is 6.33. The van der Waals surface area contributed by atoms with Crippen LogP contribution >= 0.6 is 11.6 Å². The Kier molecular flexibility index (Phi) is 5.21. The molecule has 0 bridgehead atoms. The van der Waals surface area contributed by atoms with Crippen LogP contribution in [0.1, 0.15) is 10.4 Å². The zero-order valence-corrected chi connectivity index (χ0v) is 10.2. The van der Waals surface area contributed by atoms with E-state index < -0.39 is 6.04 Å². The quantitative estimate of drug-likeness (QED) is 0.678. The molecule has 1 rings (SSSR count). The Hall–Kier alpha value is -1.30. The number of amides is 1. The third-order valence-corrected chi connectivity index (χ3v) is 2.47. The zero-order valence-electron chi connectivity index (χ0n) is 9.44. The van der Waals surface area contributed by atoms with Crippen molar-refractivity contribution >= 4 is 23.2 Å². The van der Waals surface area contributed by atoms with Crippen LogP contribution in [0.25, 0.3) is 0 Å². The molecule has 0 heterocycles. The summed E-state index contributed by atoms with van der Waals surface area (Å²) < 4.78 is 4.85. The third kappa shape index (κ3) is 3.89. The van der Waals surface area contributed by atoms with Gasteiger partial charge in [0.15, 0.2) is 0 Å². The lowest BCUT2D eigenvalue weighted by Gasteiger charge is -2.15. The van der Waals surface area contributed by atoms with Gasteiger partial charge in [0.1, 0.15) is 0 Å². The molecule has 1 unspecified atom stereocenters. The highest BCUT2D eigenvalue weighted by Crippen LogP contribution is 2.19. The minimum absolute atomic E-state index is 0.202. The van der Waals surface area contributed by atoms with Crippen LogP contribution in [0.2, 0.25) is 5.02 Å². The first kappa shape index (κ1) is 13.8. The van der Waals surface area contributed by atoms with E-state index in [1.807, 2.05) is 0 Å². The van der Waals surface area contributed by atoms with E-state index in [1.54, 1.807) is 6.07 Å². The van der Waals surface area contributed by atoms with Crippen molar-refractivity contribution in [2.45, 2.75) is 6.04 Å². The molecule has 0 aliphatic heterocycles. The predicted molar refractivity (Wildman–Crippen MR) is 66.1 cm³/mol. The first-order valence-electron chi connectivity index (χ1n) is 5.04. The maximum Gasteiger partial charge on any atom is 0.253 e. The fourth-order valence-corrected chi connectivity index (χ4v) is 1.59. The molecular formula is C11H15ClN2O3. The molecule has 6 heteroatoms. The molecule has 1 amide bonds. The molecule has 0 aliphatic carbocycles. The lowest BCUT2D eigenvalue weighted by atomic mass is 10.2. The highest BCUT2D eigenvalue weighted by molar-refractivity contribution is 6.34. The normalized spacial score (nSPS) is 12.2. The van der Waals surface area contributed by atoms with Gasteiger partial charge in [-0.2, -0.15) is 0 Å². The summed E-state index contributed by atoms with van der Waals surface area (Å²) in [5.74, 6) is -0.369. The van der Waals surface area contributed by atoms with Crippen molar-refractivity contribution in [3.8, 4) is 0 Å². The van der Waals surface area contributed by atoms with Gasteiger partial charge in [-0.15, -0.1) is 0 Å². The molecule has 1 aromatic carbocycles. The number of nitrogen functional groups attached to an aromatic ring is 1. The number of anilines is 1. The van der Waals surface area contributed by atoms with Crippen LogP contribution in [-0.4, -0.2) is 37.4 Å². The fourth-order valence-electron chi connectivity index (χ4n) is 1.32. The average molecular weight is 259 g/mol. The maximum absolute atomic E-state index is 11.8. The standard InChI is InChI=1S/C11H15ClN2O3/c1-17-6-8(5-15)14-11(16)9-3-2-7(13)4-10(9)12/h2-4,8,15H,5-6,13H2,1H3,(H,14,16). The summed E-state index contributed by atoms with van der Waals surface area (Å²) >= 11 is 5.89. The highest BCUT2D eigenvalue weighted by atomic mass is 35.5. The van der Waals surface area contributed by atoms with Gasteiger partial charge in [0, 0.05) is 12.8 Å². The number of benzene rings is 1. The number of carbonyl (C=O) groups is 1. The molecule has 0 saturated carbocycles. The average Bonchev–Trinajstić information content (AvgIpc) is 2.28. The van der Waals surface area contributed by atoms with E-state index in [9.17, 15) is 4.79 Å². The van der Waals surface area contributed by atoms with Crippen molar-refractivity contribution in [3.63, 3.8) is 0 Å². The van der Waals surface area contributed by atoms with Crippen LogP contribution in [0.15, 0.2) is 18.2 Å². The largest absolute Gasteiger partial charge is 0.399 e. The highest BCUT2D eigenvalue weighted by Gasteiger charge is 2.15. The zero-order chi connectivity index (χ0) is 12.8. The molecule has 0 saturated heterocycles. The van der Waals surface area contributed by atoms with Gasteiger partial charge >= 0.3 is 0 Å². The predicted octanol–water partition coefficient (Wildman–Crippen LogP) is 0.659. The van der Waals surface area contributed by atoms with E-state index in [4.69, 9.17) is 27.2 Å². The van der Waals surface area contributed by atoms with E-state index in [2.05, 4.69) is 5.32 Å². The summed E-state index contributed by atoms with van der Waals surface area (Å²) in [6, 6.07) is 4.17. The van der Waals surface area contributed by atoms with E-state index >= 15 is 0 Å². The molecule has 1 aromatic rings. The Morgan fingerprint density at radius 3 is 2.88 bits per heavy atom. The molecular weight excluding hydrogens is 244 g/mol. The van der Waals surface area contributed by atoms with Crippen molar-refractivity contribution in [2.24, 2.45) is 0 Å². The van der Waals surface area contributed by atoms with Gasteiger partial charge in [-0.3, -0.25) is 4.79 Å². The SMILES string of the molecule is COCC(CO)NC(=O)c1ccc(N)cc1Cl. The summed E-state index contributed by atoms with van der Waals surface area (Å²) in [6.45, 7) is 0.0288. The second-order valence-electron chi connectivity index (χ2n) is 3.55. The van der Waals surface area contributed by atoms with E-state index in [-0.39, 0.29) is 24.1 Å². The Labute approximate surface area is 105 Å². The number of aliphatic hydroxyl groups is 1. The van der Waals surface area contributed by atoms with Gasteiger partial charge in [-0.25, -0.2) is 0 Å². The first-order valence-corrected chi connectivity index (χ1v) is 5.42. The molecule has 4 N–H and O–H groups in total. The minimum atomic E-state index is -0.457. The molecule has 1 atom stereocenters. The van der Waals surface area contributed by atoms with Crippen LogP contribution in [0.4, 0.5) is 5.69 Å². The number of halogens is 1. The van der Waals surface area contributed by atoms with Crippen molar-refractivity contribution in [1.29, 1.82) is 0 Å². The van der Waals surface area contributed by atoms with E-state index in [1.165, 1.54) is 19.2 Å². The monoisotopic (exact) mass is 258 g/mol. The van der Waals surface area contributed by atoms with Crippen molar-refractivity contribution < 1.29 is 14.6 Å². The molecule has 17 heavy (non-hydrogen) atoms.